The van der Waals surface area contributed by atoms with Gasteiger partial charge in [-0.15, -0.1) is 0 Å². The van der Waals surface area contributed by atoms with Crippen molar-refractivity contribution in [1.82, 2.24) is 15.2 Å². The number of hydrogen-bond acceptors (Lipinski definition) is 4. The van der Waals surface area contributed by atoms with Crippen LogP contribution in [0, 0.1) is 5.92 Å². The van der Waals surface area contributed by atoms with E-state index in [2.05, 4.69) is 27.3 Å². The third-order valence-corrected chi connectivity index (χ3v) is 4.25. The van der Waals surface area contributed by atoms with Crippen LogP contribution < -0.4 is 10.2 Å². The van der Waals surface area contributed by atoms with Gasteiger partial charge in [-0.3, -0.25) is 4.98 Å². The largest absolute Gasteiger partial charge is 0.395 e. The molecule has 1 fully saturated rings. The average Bonchev–Trinajstić information content (AvgIpc) is 2.56. The Morgan fingerprint density at radius 2 is 2.09 bits per heavy atom. The summed E-state index contributed by atoms with van der Waals surface area (Å²) in [5.41, 5.74) is 1.24. The molecule has 0 atom stereocenters. The molecule has 2 rings (SSSR count). The predicted octanol–water partition coefficient (Wildman–Crippen LogP) is 1.32. The highest BCUT2D eigenvalue weighted by molar-refractivity contribution is 5.73. The number of amides is 2. The van der Waals surface area contributed by atoms with Gasteiger partial charge in [0.05, 0.1) is 6.61 Å². The van der Waals surface area contributed by atoms with Crippen LogP contribution in [0.2, 0.25) is 0 Å². The first kappa shape index (κ1) is 16.5. The summed E-state index contributed by atoms with van der Waals surface area (Å²) in [5.74, 6) is 0.668. The lowest BCUT2D eigenvalue weighted by Crippen LogP contribution is -2.40. The van der Waals surface area contributed by atoms with Crippen molar-refractivity contribution in [2.75, 3.05) is 44.7 Å². The first-order valence-electron chi connectivity index (χ1n) is 7.95. The number of hydrogen-bond donors (Lipinski definition) is 2. The van der Waals surface area contributed by atoms with Crippen molar-refractivity contribution in [3.8, 4) is 0 Å². The van der Waals surface area contributed by atoms with Crippen LogP contribution in [0.3, 0.4) is 0 Å². The summed E-state index contributed by atoms with van der Waals surface area (Å²) in [6.07, 6.45) is 7.00. The number of urea groups is 1. The Kier molecular flexibility index (Phi) is 6.45. The standard InChI is InChI=1S/C16H26N4O2/c1-19(12-13-21)16(22)18-9-2-14-5-10-20(11-6-14)15-3-7-17-8-4-15/h3-4,7-8,14,21H,2,5-6,9-13H2,1H3,(H,18,22). The highest BCUT2D eigenvalue weighted by Crippen LogP contribution is 2.24. The summed E-state index contributed by atoms with van der Waals surface area (Å²) in [5, 5.41) is 11.7. The van der Waals surface area contributed by atoms with Gasteiger partial charge in [-0.2, -0.15) is 0 Å². The fourth-order valence-corrected chi connectivity index (χ4v) is 2.80. The molecule has 1 aromatic heterocycles. The Hall–Kier alpha value is -1.82. The molecule has 2 amide bonds. The first-order chi connectivity index (χ1) is 10.7. The van der Waals surface area contributed by atoms with Crippen molar-refractivity contribution in [3.63, 3.8) is 0 Å². The molecule has 22 heavy (non-hydrogen) atoms. The predicted molar refractivity (Wildman–Crippen MR) is 86.9 cm³/mol. The first-order valence-corrected chi connectivity index (χ1v) is 7.95. The second-order valence-electron chi connectivity index (χ2n) is 5.80. The highest BCUT2D eigenvalue weighted by atomic mass is 16.3. The lowest BCUT2D eigenvalue weighted by Gasteiger charge is -2.33. The minimum Gasteiger partial charge on any atom is -0.395 e. The Morgan fingerprint density at radius 3 is 2.73 bits per heavy atom. The average molecular weight is 306 g/mol. The van der Waals surface area contributed by atoms with Crippen molar-refractivity contribution in [2.45, 2.75) is 19.3 Å². The molecule has 0 radical (unpaired) electrons. The second-order valence-corrected chi connectivity index (χ2v) is 5.80. The zero-order valence-corrected chi connectivity index (χ0v) is 13.2. The van der Waals surface area contributed by atoms with Crippen molar-refractivity contribution in [1.29, 1.82) is 0 Å². The van der Waals surface area contributed by atoms with Gasteiger partial charge in [-0.1, -0.05) is 0 Å². The Bertz CT molecular complexity index is 447. The maximum absolute atomic E-state index is 11.7. The number of aliphatic hydroxyl groups is 1. The second kappa shape index (κ2) is 8.58. The van der Waals surface area contributed by atoms with Crippen LogP contribution in [0.4, 0.5) is 10.5 Å². The van der Waals surface area contributed by atoms with Gasteiger partial charge < -0.3 is 20.2 Å². The van der Waals surface area contributed by atoms with Crippen molar-refractivity contribution in [3.05, 3.63) is 24.5 Å². The van der Waals surface area contributed by atoms with Crippen LogP contribution in [-0.4, -0.2) is 60.9 Å². The van der Waals surface area contributed by atoms with Crippen LogP contribution in [0.15, 0.2) is 24.5 Å². The highest BCUT2D eigenvalue weighted by Gasteiger charge is 2.19. The lowest BCUT2D eigenvalue weighted by molar-refractivity contribution is 0.189. The molecule has 2 heterocycles. The van der Waals surface area contributed by atoms with Crippen LogP contribution in [0.25, 0.3) is 0 Å². The number of likely N-dealkylation sites (N-methyl/N-ethyl adjacent to an activating group) is 1. The van der Waals surface area contributed by atoms with E-state index in [1.165, 1.54) is 10.6 Å². The van der Waals surface area contributed by atoms with E-state index >= 15 is 0 Å². The number of piperidine rings is 1. The summed E-state index contributed by atoms with van der Waals surface area (Å²) >= 11 is 0. The van der Waals surface area contributed by atoms with E-state index in [-0.39, 0.29) is 12.6 Å². The van der Waals surface area contributed by atoms with Gasteiger partial charge in [0.25, 0.3) is 0 Å². The van der Waals surface area contributed by atoms with Crippen molar-refractivity contribution >= 4 is 11.7 Å². The van der Waals surface area contributed by atoms with E-state index in [9.17, 15) is 4.79 Å². The smallest absolute Gasteiger partial charge is 0.317 e. The van der Waals surface area contributed by atoms with E-state index in [0.717, 1.165) is 32.4 Å². The molecule has 0 aromatic carbocycles. The Balaban J connectivity index is 1.65. The number of pyridine rings is 1. The number of aliphatic hydroxyl groups excluding tert-OH is 1. The van der Waals surface area contributed by atoms with Gasteiger partial charge in [0.15, 0.2) is 0 Å². The van der Waals surface area contributed by atoms with Crippen LogP contribution in [0.5, 0.6) is 0 Å². The molecule has 122 valence electrons. The number of rotatable bonds is 6. The molecule has 6 nitrogen and oxygen atoms in total. The van der Waals surface area contributed by atoms with Crippen LogP contribution in [0.1, 0.15) is 19.3 Å². The van der Waals surface area contributed by atoms with E-state index in [4.69, 9.17) is 5.11 Å². The number of anilines is 1. The summed E-state index contributed by atoms with van der Waals surface area (Å²) in [7, 11) is 1.69. The monoisotopic (exact) mass is 306 g/mol. The van der Waals surface area contributed by atoms with E-state index < -0.39 is 0 Å². The van der Waals surface area contributed by atoms with Gasteiger partial charge in [-0.05, 0) is 37.3 Å². The van der Waals surface area contributed by atoms with E-state index in [0.29, 0.717) is 19.0 Å². The quantitative estimate of drug-likeness (QED) is 0.832. The molecule has 2 N–H and O–H groups in total. The van der Waals surface area contributed by atoms with Crippen molar-refractivity contribution in [2.24, 2.45) is 5.92 Å². The molecule has 1 aliphatic rings. The number of nitrogens with zero attached hydrogens (tertiary/aromatic N) is 3. The third-order valence-electron chi connectivity index (χ3n) is 4.25. The zero-order valence-electron chi connectivity index (χ0n) is 13.2. The summed E-state index contributed by atoms with van der Waals surface area (Å²) in [6, 6.07) is 4.00. The van der Waals surface area contributed by atoms with Gasteiger partial charge in [0.1, 0.15) is 0 Å². The molecule has 6 heteroatoms. The van der Waals surface area contributed by atoms with Gasteiger partial charge >= 0.3 is 6.03 Å². The lowest BCUT2D eigenvalue weighted by atomic mass is 9.93. The SMILES string of the molecule is CN(CCO)C(=O)NCCC1CCN(c2ccncc2)CC1. The van der Waals surface area contributed by atoms with Crippen LogP contribution in [-0.2, 0) is 0 Å². The molecule has 1 aromatic rings. The van der Waals surface area contributed by atoms with Crippen LogP contribution >= 0.6 is 0 Å². The fraction of sp³-hybridized carbons (Fsp3) is 0.625. The summed E-state index contributed by atoms with van der Waals surface area (Å²) < 4.78 is 0. The topological polar surface area (TPSA) is 68.7 Å². The van der Waals surface area contributed by atoms with Gasteiger partial charge in [0.2, 0.25) is 0 Å². The molecule has 0 aliphatic carbocycles. The zero-order chi connectivity index (χ0) is 15.8. The molecule has 0 spiro atoms. The summed E-state index contributed by atoms with van der Waals surface area (Å²) in [6.45, 7) is 3.20. The maximum atomic E-state index is 11.7. The molecule has 1 aliphatic heterocycles. The molecule has 0 unspecified atom stereocenters. The number of carbonyl (C=O) groups is 1. The molecule has 0 saturated carbocycles. The number of nitrogens with one attached hydrogen (secondary N) is 1. The minimum absolute atomic E-state index is 0.00259. The molecule has 0 bridgehead atoms. The Labute approximate surface area is 132 Å². The third kappa shape index (κ3) is 4.87. The fourth-order valence-electron chi connectivity index (χ4n) is 2.80. The molecule has 1 saturated heterocycles. The minimum atomic E-state index is -0.108. The summed E-state index contributed by atoms with van der Waals surface area (Å²) in [4.78, 5) is 19.7. The van der Waals surface area contributed by atoms with Gasteiger partial charge in [0, 0.05) is 51.3 Å². The molecular weight excluding hydrogens is 280 g/mol. The normalized spacial score (nSPS) is 15.6. The van der Waals surface area contributed by atoms with Gasteiger partial charge in [-0.25, -0.2) is 4.79 Å². The number of carbonyl (C=O) groups excluding carboxylic acids is 1. The Morgan fingerprint density at radius 1 is 1.41 bits per heavy atom. The van der Waals surface area contributed by atoms with E-state index in [1.807, 2.05) is 12.4 Å². The maximum Gasteiger partial charge on any atom is 0.317 e. The molecular formula is C16H26N4O2. The van der Waals surface area contributed by atoms with Crippen molar-refractivity contribution < 1.29 is 9.90 Å². The number of aromatic nitrogens is 1. The van der Waals surface area contributed by atoms with E-state index in [1.54, 1.807) is 7.05 Å².